The van der Waals surface area contributed by atoms with Crippen LogP contribution in [0.4, 0.5) is 4.79 Å². The second-order valence-corrected chi connectivity index (χ2v) is 10.4. The maximum Gasteiger partial charge on any atom is 0.410 e. The molecule has 1 amide bonds. The lowest BCUT2D eigenvalue weighted by atomic mass is 9.91. The maximum absolute atomic E-state index is 12.9. The van der Waals surface area contributed by atoms with E-state index in [-0.39, 0.29) is 12.1 Å². The van der Waals surface area contributed by atoms with Crippen LogP contribution in [0.15, 0.2) is 91.0 Å². The average Bonchev–Trinajstić information content (AvgIpc) is 3.38. The van der Waals surface area contributed by atoms with Crippen molar-refractivity contribution in [1.82, 2.24) is 14.7 Å². The van der Waals surface area contributed by atoms with E-state index in [0.29, 0.717) is 25.1 Å². The van der Waals surface area contributed by atoms with Crippen LogP contribution in [0.2, 0.25) is 0 Å². The molecule has 5 rings (SSSR count). The van der Waals surface area contributed by atoms with E-state index in [9.17, 15) is 4.79 Å². The Morgan fingerprint density at radius 2 is 1.43 bits per heavy atom. The van der Waals surface area contributed by atoms with Gasteiger partial charge in [-0.05, 0) is 36.5 Å². The third-order valence-corrected chi connectivity index (χ3v) is 8.03. The molecular weight excluding hydrogens is 458 g/mol. The fraction of sp³-hybridized carbons (Fsp3) is 0.406. The van der Waals surface area contributed by atoms with Gasteiger partial charge in [0.15, 0.2) is 0 Å². The predicted molar refractivity (Wildman–Crippen MR) is 148 cm³/mol. The highest BCUT2D eigenvalue weighted by Gasteiger charge is 2.39. The molecule has 37 heavy (non-hydrogen) atoms. The molecule has 3 aromatic carbocycles. The van der Waals surface area contributed by atoms with Crippen LogP contribution >= 0.6 is 0 Å². The lowest BCUT2D eigenvalue weighted by molar-refractivity contribution is 0.0540. The Labute approximate surface area is 221 Å². The van der Waals surface area contributed by atoms with E-state index in [2.05, 4.69) is 77.4 Å². The van der Waals surface area contributed by atoms with Gasteiger partial charge in [-0.3, -0.25) is 9.80 Å². The Balaban J connectivity index is 1.21. The van der Waals surface area contributed by atoms with E-state index in [1.54, 1.807) is 0 Å². The van der Waals surface area contributed by atoms with Crippen LogP contribution in [-0.4, -0.2) is 65.6 Å². The number of ether oxygens (including phenoxy) is 1. The fourth-order valence-corrected chi connectivity index (χ4v) is 6.10. The van der Waals surface area contributed by atoms with Crippen molar-refractivity contribution in [2.75, 3.05) is 32.7 Å². The number of piperidine rings is 1. The second-order valence-electron chi connectivity index (χ2n) is 10.4. The predicted octanol–water partition coefficient (Wildman–Crippen LogP) is 5.78. The summed E-state index contributed by atoms with van der Waals surface area (Å²) in [5.41, 5.74) is 3.83. The molecule has 2 saturated heterocycles. The molecule has 0 bridgehead atoms. The van der Waals surface area contributed by atoms with Crippen LogP contribution in [0.3, 0.4) is 0 Å². The third-order valence-electron chi connectivity index (χ3n) is 8.03. The first-order chi connectivity index (χ1) is 18.2. The van der Waals surface area contributed by atoms with Gasteiger partial charge in [0.05, 0.1) is 0 Å². The summed E-state index contributed by atoms with van der Waals surface area (Å²) in [5, 5.41) is 0. The molecule has 0 aliphatic carbocycles. The van der Waals surface area contributed by atoms with E-state index in [1.807, 2.05) is 35.2 Å². The summed E-state index contributed by atoms with van der Waals surface area (Å²) in [5.74, 6) is 0.500. The molecule has 0 spiro atoms. The first kappa shape index (κ1) is 25.5. The number of nitrogens with zero attached hydrogens (tertiary/aromatic N) is 3. The van der Waals surface area contributed by atoms with Gasteiger partial charge in [0.2, 0.25) is 0 Å². The zero-order valence-corrected chi connectivity index (χ0v) is 21.9. The van der Waals surface area contributed by atoms with E-state index in [1.165, 1.54) is 11.1 Å². The normalized spacial score (nSPS) is 21.1. The standard InChI is InChI=1S/C32H39N3O2/c1-2-35(32(36)37-25-27-14-8-4-9-15-27)29-18-20-34(21-19-29)31-24-33(22-26-12-6-3-7-13-26)23-30(31)28-16-10-5-11-17-28/h3-17,29-31H,2,18-25H2,1H3/t30-,31+/m0/s1. The first-order valence-electron chi connectivity index (χ1n) is 13.7. The first-order valence-corrected chi connectivity index (χ1v) is 13.7. The molecule has 2 aliphatic rings. The highest BCUT2D eigenvalue weighted by molar-refractivity contribution is 5.68. The summed E-state index contributed by atoms with van der Waals surface area (Å²) >= 11 is 0. The third kappa shape index (κ3) is 6.41. The molecule has 0 aromatic heterocycles. The molecule has 5 nitrogen and oxygen atoms in total. The van der Waals surface area contributed by atoms with Gasteiger partial charge in [-0.25, -0.2) is 4.79 Å². The van der Waals surface area contributed by atoms with Crippen molar-refractivity contribution >= 4 is 6.09 Å². The van der Waals surface area contributed by atoms with Crippen molar-refractivity contribution in [2.24, 2.45) is 0 Å². The number of carbonyl (C=O) groups excluding carboxylic acids is 1. The Morgan fingerprint density at radius 3 is 2.05 bits per heavy atom. The summed E-state index contributed by atoms with van der Waals surface area (Å²) in [6.45, 7) is 8.24. The largest absolute Gasteiger partial charge is 0.445 e. The quantitative estimate of drug-likeness (QED) is 0.395. The molecule has 2 fully saturated rings. The van der Waals surface area contributed by atoms with Crippen molar-refractivity contribution in [3.63, 3.8) is 0 Å². The van der Waals surface area contributed by atoms with Crippen LogP contribution in [-0.2, 0) is 17.9 Å². The zero-order chi connectivity index (χ0) is 25.5. The second kappa shape index (κ2) is 12.4. The van der Waals surface area contributed by atoms with Gasteiger partial charge in [0.1, 0.15) is 6.61 Å². The minimum absolute atomic E-state index is 0.193. The number of hydrogen-bond acceptors (Lipinski definition) is 4. The molecule has 0 radical (unpaired) electrons. The number of likely N-dealkylation sites (tertiary alicyclic amines) is 2. The number of hydrogen-bond donors (Lipinski definition) is 0. The molecule has 2 aliphatic heterocycles. The number of amides is 1. The van der Waals surface area contributed by atoms with E-state index in [4.69, 9.17) is 4.74 Å². The lowest BCUT2D eigenvalue weighted by Gasteiger charge is -2.41. The number of carbonyl (C=O) groups is 1. The van der Waals surface area contributed by atoms with Crippen LogP contribution in [0.1, 0.15) is 42.4 Å². The monoisotopic (exact) mass is 497 g/mol. The lowest BCUT2D eigenvalue weighted by Crippen LogP contribution is -2.51. The van der Waals surface area contributed by atoms with Crippen LogP contribution in [0, 0.1) is 0 Å². The molecule has 0 N–H and O–H groups in total. The molecule has 0 unspecified atom stereocenters. The van der Waals surface area contributed by atoms with Crippen molar-refractivity contribution in [2.45, 2.75) is 50.9 Å². The van der Waals surface area contributed by atoms with Gasteiger partial charge in [-0.2, -0.15) is 0 Å². The van der Waals surface area contributed by atoms with Gasteiger partial charge < -0.3 is 9.64 Å². The van der Waals surface area contributed by atoms with Gasteiger partial charge in [-0.1, -0.05) is 91.0 Å². The Bertz CT molecular complexity index is 1100. The van der Waals surface area contributed by atoms with E-state index >= 15 is 0 Å². The zero-order valence-electron chi connectivity index (χ0n) is 21.9. The van der Waals surface area contributed by atoms with Crippen LogP contribution in [0.5, 0.6) is 0 Å². The summed E-state index contributed by atoms with van der Waals surface area (Å²) in [6.07, 6.45) is 1.79. The smallest absolute Gasteiger partial charge is 0.410 e. The fourth-order valence-electron chi connectivity index (χ4n) is 6.10. The average molecular weight is 498 g/mol. The number of benzene rings is 3. The highest BCUT2D eigenvalue weighted by atomic mass is 16.6. The molecule has 2 atom stereocenters. The van der Waals surface area contributed by atoms with E-state index in [0.717, 1.165) is 51.1 Å². The molecule has 2 heterocycles. The Morgan fingerprint density at radius 1 is 0.838 bits per heavy atom. The van der Waals surface area contributed by atoms with Crippen molar-refractivity contribution in [3.8, 4) is 0 Å². The Hall–Kier alpha value is -3.15. The summed E-state index contributed by atoms with van der Waals surface area (Å²) < 4.78 is 5.67. The van der Waals surface area contributed by atoms with Gasteiger partial charge in [0.25, 0.3) is 0 Å². The minimum Gasteiger partial charge on any atom is -0.445 e. The van der Waals surface area contributed by atoms with Crippen molar-refractivity contribution in [3.05, 3.63) is 108 Å². The van der Waals surface area contributed by atoms with Crippen molar-refractivity contribution in [1.29, 1.82) is 0 Å². The van der Waals surface area contributed by atoms with Crippen LogP contribution in [0.25, 0.3) is 0 Å². The van der Waals surface area contributed by atoms with Gasteiger partial charge in [-0.15, -0.1) is 0 Å². The SMILES string of the molecule is CCN(C(=O)OCc1ccccc1)C1CCN([C@@H]2CN(Cc3ccccc3)C[C@H]2c2ccccc2)CC1. The highest BCUT2D eigenvalue weighted by Crippen LogP contribution is 2.34. The Kier molecular flexibility index (Phi) is 8.54. The molecule has 194 valence electrons. The number of rotatable bonds is 8. The van der Waals surface area contributed by atoms with Gasteiger partial charge in [0, 0.05) is 57.3 Å². The van der Waals surface area contributed by atoms with E-state index < -0.39 is 0 Å². The molecule has 5 heteroatoms. The molecular formula is C32H39N3O2. The van der Waals surface area contributed by atoms with Crippen LogP contribution < -0.4 is 0 Å². The molecule has 0 saturated carbocycles. The maximum atomic E-state index is 12.9. The summed E-state index contributed by atoms with van der Waals surface area (Å²) in [7, 11) is 0. The summed E-state index contributed by atoms with van der Waals surface area (Å²) in [4.78, 5) is 20.2. The molecule has 3 aromatic rings. The van der Waals surface area contributed by atoms with Gasteiger partial charge >= 0.3 is 6.09 Å². The minimum atomic E-state index is -0.193. The topological polar surface area (TPSA) is 36.0 Å². The summed E-state index contributed by atoms with van der Waals surface area (Å²) in [6, 6.07) is 32.5. The van der Waals surface area contributed by atoms with Crippen molar-refractivity contribution < 1.29 is 9.53 Å².